The number of likely N-dealkylation sites (tertiary alicyclic amines) is 1. The molecule has 1 heterocycles. The maximum Gasteiger partial charge on any atom is 0.134 e. The van der Waals surface area contributed by atoms with E-state index in [2.05, 4.69) is 33.1 Å². The number of halogens is 1. The Balaban J connectivity index is 1.77. The van der Waals surface area contributed by atoms with Gasteiger partial charge in [0, 0.05) is 18.7 Å². The normalized spacial score (nSPS) is 20.4. The number of benzene rings is 1. The van der Waals surface area contributed by atoms with Crippen molar-refractivity contribution in [1.82, 2.24) is 10.2 Å². The van der Waals surface area contributed by atoms with Gasteiger partial charge in [-0.3, -0.25) is 0 Å². The maximum absolute atomic E-state index is 9.87. The maximum atomic E-state index is 9.87. The van der Waals surface area contributed by atoms with E-state index < -0.39 is 0 Å². The fourth-order valence-corrected chi connectivity index (χ4v) is 2.89. The zero-order valence-electron chi connectivity index (χ0n) is 10.8. The van der Waals surface area contributed by atoms with Gasteiger partial charge in [0.2, 0.25) is 0 Å². The summed E-state index contributed by atoms with van der Waals surface area (Å²) < 4.78 is 0.764. The van der Waals surface area contributed by atoms with Crippen molar-refractivity contribution in [3.63, 3.8) is 0 Å². The fourth-order valence-electron chi connectivity index (χ4n) is 2.48. The summed E-state index contributed by atoms with van der Waals surface area (Å²) in [5, 5.41) is 13.3. The molecule has 2 rings (SSSR count). The highest BCUT2D eigenvalue weighted by Crippen LogP contribution is 2.27. The van der Waals surface area contributed by atoms with E-state index in [1.807, 2.05) is 18.2 Å². The number of hydrogen-bond donors (Lipinski definition) is 2. The zero-order chi connectivity index (χ0) is 13.0. The van der Waals surface area contributed by atoms with Crippen LogP contribution in [0.3, 0.4) is 0 Å². The first kappa shape index (κ1) is 13.8. The summed E-state index contributed by atoms with van der Waals surface area (Å²) in [4.78, 5) is 2.49. The Morgan fingerprint density at radius 3 is 3.06 bits per heavy atom. The molecule has 0 amide bonds. The van der Waals surface area contributed by atoms with Crippen molar-refractivity contribution in [1.29, 1.82) is 0 Å². The molecule has 0 spiro atoms. The van der Waals surface area contributed by atoms with Gasteiger partial charge in [-0.1, -0.05) is 19.1 Å². The number of para-hydroxylation sites is 1. The molecule has 3 nitrogen and oxygen atoms in total. The second-order valence-electron chi connectivity index (χ2n) is 4.93. The Morgan fingerprint density at radius 1 is 1.50 bits per heavy atom. The number of hydrogen-bond acceptors (Lipinski definition) is 3. The smallest absolute Gasteiger partial charge is 0.134 e. The first-order valence-corrected chi connectivity index (χ1v) is 7.39. The van der Waals surface area contributed by atoms with Crippen LogP contribution >= 0.6 is 15.9 Å². The lowest BCUT2D eigenvalue weighted by molar-refractivity contribution is 0.338. The Labute approximate surface area is 117 Å². The molecular weight excluding hydrogens is 292 g/mol. The van der Waals surface area contributed by atoms with E-state index in [1.165, 1.54) is 19.5 Å². The Kier molecular flexibility index (Phi) is 5.03. The summed E-state index contributed by atoms with van der Waals surface area (Å²) in [7, 11) is 0. The van der Waals surface area contributed by atoms with Gasteiger partial charge in [0.25, 0.3) is 0 Å². The SMILES string of the molecule is CCN1CCC(CNCc2cccc(Br)c2O)C1. The molecule has 1 atom stereocenters. The molecule has 18 heavy (non-hydrogen) atoms. The molecule has 1 aliphatic rings. The standard InChI is InChI=1S/C14H21BrN2O/c1-2-17-7-6-11(10-17)8-16-9-12-4-3-5-13(15)14(12)18/h3-5,11,16,18H,2,6-10H2,1H3. The minimum absolute atomic E-state index is 0.353. The predicted octanol–water partition coefficient (Wildman–Crippen LogP) is 2.59. The molecule has 0 aliphatic carbocycles. The van der Waals surface area contributed by atoms with E-state index in [0.29, 0.717) is 5.75 Å². The summed E-state index contributed by atoms with van der Waals surface area (Å²) in [6.45, 7) is 7.56. The number of nitrogens with zero attached hydrogens (tertiary/aromatic N) is 1. The van der Waals surface area contributed by atoms with Gasteiger partial charge in [-0.05, 0) is 54.0 Å². The highest BCUT2D eigenvalue weighted by molar-refractivity contribution is 9.10. The largest absolute Gasteiger partial charge is 0.506 e. The molecule has 0 radical (unpaired) electrons. The Bertz CT molecular complexity index is 397. The lowest BCUT2D eigenvalue weighted by Crippen LogP contribution is -2.26. The molecule has 1 aromatic carbocycles. The third kappa shape index (κ3) is 3.46. The van der Waals surface area contributed by atoms with Crippen LogP contribution in [0.2, 0.25) is 0 Å². The van der Waals surface area contributed by atoms with Gasteiger partial charge < -0.3 is 15.3 Å². The van der Waals surface area contributed by atoms with Gasteiger partial charge in [-0.15, -0.1) is 0 Å². The van der Waals surface area contributed by atoms with Crippen molar-refractivity contribution >= 4 is 15.9 Å². The molecule has 1 aliphatic heterocycles. The average molecular weight is 313 g/mol. The van der Waals surface area contributed by atoms with Crippen LogP contribution in [0.4, 0.5) is 0 Å². The van der Waals surface area contributed by atoms with Crippen molar-refractivity contribution < 1.29 is 5.11 Å². The number of aromatic hydroxyl groups is 1. The number of phenols is 1. The molecule has 1 aromatic rings. The van der Waals surface area contributed by atoms with Crippen LogP contribution in [-0.2, 0) is 6.54 Å². The molecule has 0 bridgehead atoms. The summed E-state index contributed by atoms with van der Waals surface area (Å²) in [6, 6.07) is 5.77. The van der Waals surface area contributed by atoms with Crippen LogP contribution < -0.4 is 5.32 Å². The monoisotopic (exact) mass is 312 g/mol. The molecule has 0 saturated carbocycles. The molecule has 100 valence electrons. The van der Waals surface area contributed by atoms with Gasteiger partial charge in [0.1, 0.15) is 5.75 Å². The number of nitrogens with one attached hydrogen (secondary N) is 1. The minimum Gasteiger partial charge on any atom is -0.506 e. The molecule has 2 N–H and O–H groups in total. The van der Waals surface area contributed by atoms with Crippen LogP contribution in [0.15, 0.2) is 22.7 Å². The van der Waals surface area contributed by atoms with Crippen LogP contribution in [0.1, 0.15) is 18.9 Å². The van der Waals surface area contributed by atoms with Crippen LogP contribution in [0, 0.1) is 5.92 Å². The van der Waals surface area contributed by atoms with E-state index in [-0.39, 0.29) is 0 Å². The van der Waals surface area contributed by atoms with Crippen molar-refractivity contribution in [2.75, 3.05) is 26.2 Å². The van der Waals surface area contributed by atoms with E-state index in [9.17, 15) is 5.11 Å². The van der Waals surface area contributed by atoms with Gasteiger partial charge in [-0.2, -0.15) is 0 Å². The number of rotatable bonds is 5. The quantitative estimate of drug-likeness (QED) is 0.877. The molecule has 1 saturated heterocycles. The topological polar surface area (TPSA) is 35.5 Å². The first-order valence-electron chi connectivity index (χ1n) is 6.60. The van der Waals surface area contributed by atoms with Crippen LogP contribution in [0.25, 0.3) is 0 Å². The molecular formula is C14H21BrN2O. The highest BCUT2D eigenvalue weighted by Gasteiger charge is 2.20. The summed E-state index contributed by atoms with van der Waals surface area (Å²) >= 11 is 3.34. The van der Waals surface area contributed by atoms with E-state index >= 15 is 0 Å². The molecule has 1 fully saturated rings. The fraction of sp³-hybridized carbons (Fsp3) is 0.571. The van der Waals surface area contributed by atoms with Crippen molar-refractivity contribution in [3.05, 3.63) is 28.2 Å². The lowest BCUT2D eigenvalue weighted by atomic mass is 10.1. The third-order valence-corrected chi connectivity index (χ3v) is 4.28. The van der Waals surface area contributed by atoms with Crippen molar-refractivity contribution in [3.8, 4) is 5.75 Å². The van der Waals surface area contributed by atoms with E-state index in [1.54, 1.807) is 0 Å². The van der Waals surface area contributed by atoms with E-state index in [4.69, 9.17) is 0 Å². The summed E-state index contributed by atoms with van der Waals surface area (Å²) in [5.74, 6) is 1.10. The summed E-state index contributed by atoms with van der Waals surface area (Å²) in [6.07, 6.45) is 1.28. The molecule has 1 unspecified atom stereocenters. The second kappa shape index (κ2) is 6.55. The van der Waals surface area contributed by atoms with Crippen LogP contribution in [-0.4, -0.2) is 36.2 Å². The van der Waals surface area contributed by atoms with Gasteiger partial charge >= 0.3 is 0 Å². The first-order chi connectivity index (χ1) is 8.70. The zero-order valence-corrected chi connectivity index (χ0v) is 12.4. The average Bonchev–Trinajstić information content (AvgIpc) is 2.82. The molecule has 0 aromatic heterocycles. The van der Waals surface area contributed by atoms with E-state index in [0.717, 1.165) is 35.6 Å². The van der Waals surface area contributed by atoms with Crippen molar-refractivity contribution in [2.45, 2.75) is 19.9 Å². The Morgan fingerprint density at radius 2 is 2.33 bits per heavy atom. The second-order valence-corrected chi connectivity index (χ2v) is 5.78. The van der Waals surface area contributed by atoms with Gasteiger partial charge in [-0.25, -0.2) is 0 Å². The van der Waals surface area contributed by atoms with Crippen LogP contribution in [0.5, 0.6) is 5.75 Å². The highest BCUT2D eigenvalue weighted by atomic mass is 79.9. The summed E-state index contributed by atoms with van der Waals surface area (Å²) in [5.41, 5.74) is 0.953. The van der Waals surface area contributed by atoms with Crippen molar-refractivity contribution in [2.24, 2.45) is 5.92 Å². The predicted molar refractivity (Wildman–Crippen MR) is 77.7 cm³/mol. The van der Waals surface area contributed by atoms with Gasteiger partial charge in [0.15, 0.2) is 0 Å². The number of phenolic OH excluding ortho intramolecular Hbond substituents is 1. The van der Waals surface area contributed by atoms with Gasteiger partial charge in [0.05, 0.1) is 4.47 Å². The molecule has 4 heteroatoms. The lowest BCUT2D eigenvalue weighted by Gasteiger charge is -2.14. The third-order valence-electron chi connectivity index (χ3n) is 3.64. The minimum atomic E-state index is 0.353. The Hall–Kier alpha value is -0.580.